The normalized spacial score (nSPS) is 37.7. The van der Waals surface area contributed by atoms with Gasteiger partial charge in [-0.05, 0) is 78.4 Å². The summed E-state index contributed by atoms with van der Waals surface area (Å²) in [6.45, 7) is 9.58. The average molecular weight is 816 g/mol. The maximum absolute atomic E-state index is 16.8. The number of aliphatic hydroxyl groups is 2. The largest absolute Gasteiger partial charge is 0.464 e. The molecular weight excluding hydrogens is 757 g/mol. The molecule has 0 spiro atoms. The number of fused-ring (bicyclic) bond motifs is 1. The van der Waals surface area contributed by atoms with Gasteiger partial charge in [-0.3, -0.25) is 14.4 Å². The van der Waals surface area contributed by atoms with Crippen molar-refractivity contribution in [3.05, 3.63) is 48.2 Å². The van der Waals surface area contributed by atoms with Crippen molar-refractivity contribution in [1.29, 1.82) is 0 Å². The molecule has 2 amide bonds. The van der Waals surface area contributed by atoms with Crippen LogP contribution in [0.2, 0.25) is 0 Å². The van der Waals surface area contributed by atoms with Gasteiger partial charge in [0, 0.05) is 42.3 Å². The number of nitrogens with zero attached hydrogens (tertiary/aromatic N) is 1. The Morgan fingerprint density at radius 2 is 1.76 bits per heavy atom. The second-order valence-electron chi connectivity index (χ2n) is 17.0. The van der Waals surface area contributed by atoms with E-state index in [2.05, 4.69) is 10.6 Å². The van der Waals surface area contributed by atoms with E-state index >= 15 is 4.39 Å². The molecule has 3 aliphatic heterocycles. The highest BCUT2D eigenvalue weighted by atomic mass is 19.1. The minimum atomic E-state index is -3.33. The topological polar surface area (TPSA) is 203 Å². The monoisotopic (exact) mass is 815 g/mol. The van der Waals surface area contributed by atoms with E-state index in [0.717, 1.165) is 12.5 Å². The number of nitrogens with one attached hydrogen (secondary N) is 2. The molecule has 0 saturated carbocycles. The third kappa shape index (κ3) is 9.46. The lowest BCUT2D eigenvalue weighted by atomic mass is 9.73. The molecule has 3 aliphatic rings. The summed E-state index contributed by atoms with van der Waals surface area (Å²) in [5.41, 5.74) is -5.66. The number of hydrogen-bond acceptors (Lipinski definition) is 13. The van der Waals surface area contributed by atoms with Crippen molar-refractivity contribution in [2.24, 2.45) is 17.8 Å². The molecule has 1 aromatic heterocycles. The minimum absolute atomic E-state index is 0.0154. The van der Waals surface area contributed by atoms with E-state index in [1.807, 2.05) is 12.1 Å². The summed E-state index contributed by atoms with van der Waals surface area (Å²) in [7, 11) is 3.55. The number of likely N-dealkylation sites (N-methyl/N-ethyl adjacent to an activating group) is 1. The fourth-order valence-corrected chi connectivity index (χ4v) is 8.74. The first-order valence-corrected chi connectivity index (χ1v) is 19.8. The molecule has 5 rings (SSSR count). The zero-order valence-electron chi connectivity index (χ0n) is 34.7. The number of Topliss-reactive ketones (excluding diaryl/α,β-unsaturated/α-hetero) is 2. The number of esters is 1. The van der Waals surface area contributed by atoms with Crippen LogP contribution in [0, 0.1) is 17.8 Å². The minimum Gasteiger partial charge on any atom is -0.464 e. The quantitative estimate of drug-likeness (QED) is 0.212. The first kappa shape index (κ1) is 44.9. The first-order chi connectivity index (χ1) is 27.1. The summed E-state index contributed by atoms with van der Waals surface area (Å²) in [4.78, 5) is 70.1. The van der Waals surface area contributed by atoms with Gasteiger partial charge in [0.15, 0.2) is 17.7 Å². The van der Waals surface area contributed by atoms with E-state index in [4.69, 9.17) is 23.4 Å². The molecule has 4 N–H and O–H groups in total. The Hall–Kier alpha value is -4.22. The number of rotatable bonds is 9. The molecule has 320 valence electrons. The van der Waals surface area contributed by atoms with Crippen LogP contribution in [0.25, 0.3) is 11.3 Å². The molecule has 0 aliphatic carbocycles. The number of furan rings is 1. The van der Waals surface area contributed by atoms with Crippen LogP contribution < -0.4 is 10.6 Å². The van der Waals surface area contributed by atoms with E-state index in [9.17, 15) is 34.2 Å². The molecule has 1 aromatic carbocycles. The number of cyclic esters (lactones) is 1. The van der Waals surface area contributed by atoms with Crippen molar-refractivity contribution in [2.45, 2.75) is 134 Å². The second-order valence-corrected chi connectivity index (χ2v) is 17.0. The molecule has 4 heterocycles. The standard InChI is InChI=1S/C42H58FN3O12/c1-22-21-40(5,53)36(57-37-33(49)28(46(8)9)18-23(2)55-37)25(4)35(50)41(6,43)38(51)56-30(42(7)34(24(3)32(22)48)45-39(52)58-42)15-16-44-31(47)20-26-12-10-13-27(19-26)29-14-11-17-54-29/h10-14,17,19,22-25,28,30,33-34,36-37,49,53H,15-16,18,20-21H2,1-9H3,(H,44,47)(H,45,52)/t22-,23-,24+,25+,28+,30-,33-,34+,36-,37+,40-,41+,42-/m1/s1. The van der Waals surface area contributed by atoms with Crippen LogP contribution >= 0.6 is 0 Å². The van der Waals surface area contributed by atoms with Crippen molar-refractivity contribution in [2.75, 3.05) is 20.6 Å². The van der Waals surface area contributed by atoms with Crippen molar-refractivity contribution in [3.8, 4) is 11.3 Å². The third-order valence-corrected chi connectivity index (χ3v) is 12.0. The maximum atomic E-state index is 16.8. The predicted octanol–water partition coefficient (Wildman–Crippen LogP) is 3.51. The van der Waals surface area contributed by atoms with Crippen LogP contribution in [0.3, 0.4) is 0 Å². The molecule has 2 aromatic rings. The Labute approximate surface area is 338 Å². The van der Waals surface area contributed by atoms with Gasteiger partial charge in [-0.25, -0.2) is 14.0 Å². The van der Waals surface area contributed by atoms with Crippen LogP contribution in [0.15, 0.2) is 47.1 Å². The van der Waals surface area contributed by atoms with Crippen LogP contribution in [0.4, 0.5) is 9.18 Å². The Bertz CT molecular complexity index is 1820. The molecule has 15 nitrogen and oxygen atoms in total. The lowest BCUT2D eigenvalue weighted by molar-refractivity contribution is -0.293. The molecule has 3 saturated heterocycles. The van der Waals surface area contributed by atoms with E-state index in [1.165, 1.54) is 20.8 Å². The Balaban J connectivity index is 1.43. The van der Waals surface area contributed by atoms with Crippen LogP contribution in [0.1, 0.15) is 73.3 Å². The number of alkyl halides is 1. The highest BCUT2D eigenvalue weighted by molar-refractivity contribution is 6.08. The second kappa shape index (κ2) is 17.6. The lowest BCUT2D eigenvalue weighted by Crippen LogP contribution is -2.61. The van der Waals surface area contributed by atoms with Gasteiger partial charge >= 0.3 is 12.1 Å². The highest BCUT2D eigenvalue weighted by Crippen LogP contribution is 2.40. The van der Waals surface area contributed by atoms with Crippen LogP contribution in [-0.2, 0) is 44.5 Å². The molecule has 58 heavy (non-hydrogen) atoms. The van der Waals surface area contributed by atoms with Gasteiger partial charge in [-0.15, -0.1) is 0 Å². The summed E-state index contributed by atoms with van der Waals surface area (Å²) in [6.07, 6.45) is -5.50. The van der Waals surface area contributed by atoms with E-state index in [1.54, 1.807) is 70.3 Å². The van der Waals surface area contributed by atoms with Crippen LogP contribution in [0.5, 0.6) is 0 Å². The summed E-state index contributed by atoms with van der Waals surface area (Å²) < 4.78 is 46.0. The number of ether oxygens (including phenoxy) is 4. The predicted molar refractivity (Wildman–Crippen MR) is 207 cm³/mol. The molecule has 13 atom stereocenters. The summed E-state index contributed by atoms with van der Waals surface area (Å²) >= 11 is 0. The summed E-state index contributed by atoms with van der Waals surface area (Å²) in [6, 6.07) is 9.23. The van der Waals surface area contributed by atoms with Crippen molar-refractivity contribution >= 4 is 29.5 Å². The van der Waals surface area contributed by atoms with E-state index < -0.39 is 101 Å². The number of amides is 2. The number of alkyl carbamates (subject to hydrolysis) is 1. The third-order valence-electron chi connectivity index (χ3n) is 12.0. The average Bonchev–Trinajstić information content (AvgIpc) is 3.80. The van der Waals surface area contributed by atoms with Gasteiger partial charge in [0.2, 0.25) is 5.91 Å². The zero-order chi connectivity index (χ0) is 42.9. The van der Waals surface area contributed by atoms with E-state index in [0.29, 0.717) is 17.7 Å². The molecule has 0 unspecified atom stereocenters. The maximum Gasteiger partial charge on any atom is 0.408 e. The first-order valence-electron chi connectivity index (χ1n) is 19.8. The van der Waals surface area contributed by atoms with Crippen LogP contribution in [-0.4, -0.2) is 125 Å². The van der Waals surface area contributed by atoms with Gasteiger partial charge in [-0.2, -0.15) is 0 Å². The summed E-state index contributed by atoms with van der Waals surface area (Å²) in [5, 5.41) is 28.8. The number of benzene rings is 1. The lowest BCUT2D eigenvalue weighted by Gasteiger charge is -2.46. The van der Waals surface area contributed by atoms with Gasteiger partial charge < -0.3 is 49.1 Å². The van der Waals surface area contributed by atoms with Gasteiger partial charge in [0.05, 0.1) is 36.5 Å². The number of halogens is 1. The fraction of sp³-hybridized carbons (Fsp3) is 0.643. The SMILES string of the molecule is C[C@@H]1C[C@H](N(C)C)[C@@H](O)[C@H](O[C@@H]2[C@@H](C)C(=O)[C@](C)(F)C(=O)O[C@H](CCNC(=O)Cc3cccc(-c4ccco4)c3)[C@@]3(C)OC(=O)N[C@H]3[C@@H](C)C(=O)[C@H](C)C[C@@]2(C)O)O1. The smallest absolute Gasteiger partial charge is 0.408 e. The Morgan fingerprint density at radius 1 is 1.05 bits per heavy atom. The zero-order valence-corrected chi connectivity index (χ0v) is 34.7. The molecule has 0 bridgehead atoms. The molecule has 0 radical (unpaired) electrons. The number of ketones is 2. The molecular formula is C42H58FN3O12. The molecule has 3 fully saturated rings. The molecule has 16 heteroatoms. The van der Waals surface area contributed by atoms with Crippen molar-refractivity contribution in [1.82, 2.24) is 15.5 Å². The van der Waals surface area contributed by atoms with Gasteiger partial charge in [0.25, 0.3) is 5.67 Å². The van der Waals surface area contributed by atoms with E-state index in [-0.39, 0.29) is 31.7 Å². The number of hydrogen-bond donors (Lipinski definition) is 4. The number of carbonyl (C=O) groups is 5. The fourth-order valence-electron chi connectivity index (χ4n) is 8.74. The Kier molecular flexibility index (Phi) is 13.6. The highest BCUT2D eigenvalue weighted by Gasteiger charge is 2.59. The van der Waals surface area contributed by atoms with Gasteiger partial charge in [0.1, 0.15) is 23.8 Å². The van der Waals surface area contributed by atoms with Crippen molar-refractivity contribution in [3.63, 3.8) is 0 Å². The van der Waals surface area contributed by atoms with Crippen molar-refractivity contribution < 1.29 is 61.9 Å². The summed E-state index contributed by atoms with van der Waals surface area (Å²) in [5.74, 6) is -6.55. The number of aliphatic hydroxyl groups excluding tert-OH is 1. The Morgan fingerprint density at radius 3 is 2.41 bits per heavy atom. The number of carbonyl (C=O) groups excluding carboxylic acids is 5. The van der Waals surface area contributed by atoms with Gasteiger partial charge in [-0.1, -0.05) is 39.0 Å².